The fraction of sp³-hybridized carbons (Fsp3) is 0.375. The molecule has 1 heterocycles. The van der Waals surface area contributed by atoms with Gasteiger partial charge in [-0.05, 0) is 5.56 Å². The number of rotatable bonds is 9. The maximum atomic E-state index is 11.8. The van der Waals surface area contributed by atoms with Gasteiger partial charge >= 0.3 is 11.9 Å². The Kier molecular flexibility index (Phi) is 7.42. The molecule has 1 aromatic heterocycles. The van der Waals surface area contributed by atoms with E-state index in [1.165, 1.54) is 30.5 Å². The van der Waals surface area contributed by atoms with E-state index in [0.717, 1.165) is 5.56 Å². The molecule has 0 radical (unpaired) electrons. The van der Waals surface area contributed by atoms with Crippen LogP contribution < -0.4 is 0 Å². The third-order valence-electron chi connectivity index (χ3n) is 2.98. The van der Waals surface area contributed by atoms with Crippen molar-refractivity contribution in [2.24, 2.45) is 0 Å². The van der Waals surface area contributed by atoms with Crippen molar-refractivity contribution >= 4 is 23.7 Å². The fourth-order valence-electron chi connectivity index (χ4n) is 1.83. The van der Waals surface area contributed by atoms with E-state index in [1.54, 1.807) is 0 Å². The summed E-state index contributed by atoms with van der Waals surface area (Å²) in [4.78, 5) is 26.7. The highest BCUT2D eigenvalue weighted by molar-refractivity contribution is 7.98. The SMILES string of the molecule is COC(=O)c1nc(SCc2ccccc2)nn1COCCOC(C)=O. The molecule has 0 unspecified atom stereocenters. The number of aromatic nitrogens is 3. The van der Waals surface area contributed by atoms with E-state index in [2.05, 4.69) is 10.1 Å². The molecule has 0 aliphatic carbocycles. The lowest BCUT2D eigenvalue weighted by molar-refractivity contribution is -0.142. The molecule has 0 saturated heterocycles. The number of carbonyl (C=O) groups excluding carboxylic acids is 2. The first-order valence-corrected chi connectivity index (χ1v) is 8.49. The molecule has 0 atom stereocenters. The van der Waals surface area contributed by atoms with Gasteiger partial charge in [0.2, 0.25) is 11.0 Å². The third kappa shape index (κ3) is 6.20. The number of carbonyl (C=O) groups is 2. The Morgan fingerprint density at radius 2 is 1.96 bits per heavy atom. The first kappa shape index (κ1) is 18.9. The van der Waals surface area contributed by atoms with Gasteiger partial charge in [-0.2, -0.15) is 4.98 Å². The van der Waals surface area contributed by atoms with Gasteiger partial charge in [0.1, 0.15) is 13.3 Å². The molecular weight excluding hydrogens is 346 g/mol. The minimum Gasteiger partial charge on any atom is -0.463 e. The van der Waals surface area contributed by atoms with Gasteiger partial charge in [-0.25, -0.2) is 9.48 Å². The van der Waals surface area contributed by atoms with E-state index in [9.17, 15) is 9.59 Å². The van der Waals surface area contributed by atoms with E-state index in [0.29, 0.717) is 10.9 Å². The second kappa shape index (κ2) is 9.80. The predicted octanol–water partition coefficient (Wildman–Crippen LogP) is 1.89. The van der Waals surface area contributed by atoms with E-state index in [1.807, 2.05) is 30.3 Å². The number of thioether (sulfide) groups is 1. The summed E-state index contributed by atoms with van der Waals surface area (Å²) in [6.45, 7) is 1.65. The van der Waals surface area contributed by atoms with Gasteiger partial charge in [0.25, 0.3) is 0 Å². The van der Waals surface area contributed by atoms with E-state index < -0.39 is 5.97 Å². The van der Waals surface area contributed by atoms with Gasteiger partial charge in [0, 0.05) is 12.7 Å². The first-order valence-electron chi connectivity index (χ1n) is 7.51. The highest BCUT2D eigenvalue weighted by atomic mass is 32.2. The lowest BCUT2D eigenvalue weighted by Gasteiger charge is -2.06. The van der Waals surface area contributed by atoms with Crippen molar-refractivity contribution in [3.63, 3.8) is 0 Å². The lowest BCUT2D eigenvalue weighted by atomic mass is 10.2. The third-order valence-corrected chi connectivity index (χ3v) is 3.89. The van der Waals surface area contributed by atoms with E-state index >= 15 is 0 Å². The molecule has 2 rings (SSSR count). The molecule has 9 heteroatoms. The minimum atomic E-state index is -0.595. The molecule has 0 aliphatic rings. The van der Waals surface area contributed by atoms with Crippen molar-refractivity contribution in [2.75, 3.05) is 20.3 Å². The Bertz CT molecular complexity index is 705. The zero-order valence-corrected chi connectivity index (χ0v) is 14.8. The van der Waals surface area contributed by atoms with Crippen molar-refractivity contribution in [3.05, 3.63) is 41.7 Å². The normalized spacial score (nSPS) is 10.5. The molecule has 0 N–H and O–H groups in total. The monoisotopic (exact) mass is 365 g/mol. The Labute approximate surface area is 149 Å². The van der Waals surface area contributed by atoms with Crippen LogP contribution in [0.25, 0.3) is 0 Å². The molecule has 1 aromatic carbocycles. The largest absolute Gasteiger partial charge is 0.463 e. The van der Waals surface area contributed by atoms with Crippen LogP contribution in [-0.2, 0) is 31.5 Å². The predicted molar refractivity (Wildman–Crippen MR) is 89.9 cm³/mol. The van der Waals surface area contributed by atoms with Gasteiger partial charge in [0.15, 0.2) is 0 Å². The summed E-state index contributed by atoms with van der Waals surface area (Å²) in [5, 5.41) is 4.71. The summed E-state index contributed by atoms with van der Waals surface area (Å²) in [7, 11) is 1.28. The smallest absolute Gasteiger partial charge is 0.375 e. The highest BCUT2D eigenvalue weighted by Gasteiger charge is 2.18. The first-order chi connectivity index (χ1) is 12.1. The Hall–Kier alpha value is -2.39. The summed E-state index contributed by atoms with van der Waals surface area (Å²) >= 11 is 1.41. The van der Waals surface area contributed by atoms with Crippen LogP contribution in [0.1, 0.15) is 23.1 Å². The lowest BCUT2D eigenvalue weighted by Crippen LogP contribution is -2.16. The average molecular weight is 365 g/mol. The maximum absolute atomic E-state index is 11.8. The number of hydrogen-bond donors (Lipinski definition) is 0. The van der Waals surface area contributed by atoms with Crippen molar-refractivity contribution in [3.8, 4) is 0 Å². The Balaban J connectivity index is 1.95. The van der Waals surface area contributed by atoms with Gasteiger partial charge in [-0.3, -0.25) is 4.79 Å². The summed E-state index contributed by atoms with van der Waals surface area (Å²) < 4.78 is 16.2. The van der Waals surface area contributed by atoms with Gasteiger partial charge in [0.05, 0.1) is 13.7 Å². The molecule has 0 spiro atoms. The maximum Gasteiger partial charge on any atom is 0.375 e. The molecular formula is C16H19N3O5S. The molecule has 2 aromatic rings. The van der Waals surface area contributed by atoms with Crippen LogP contribution in [0.2, 0.25) is 0 Å². The second-order valence-corrected chi connectivity index (χ2v) is 5.80. The average Bonchev–Trinajstić information content (AvgIpc) is 3.03. The van der Waals surface area contributed by atoms with Crippen molar-refractivity contribution in [1.82, 2.24) is 14.8 Å². The fourth-order valence-corrected chi connectivity index (χ4v) is 2.63. The summed E-state index contributed by atoms with van der Waals surface area (Å²) in [5.41, 5.74) is 1.13. The van der Waals surface area contributed by atoms with Crippen molar-refractivity contribution < 1.29 is 23.8 Å². The number of ether oxygens (including phenoxy) is 3. The topological polar surface area (TPSA) is 92.5 Å². The van der Waals surface area contributed by atoms with Crippen LogP contribution in [-0.4, -0.2) is 47.0 Å². The number of esters is 2. The molecule has 25 heavy (non-hydrogen) atoms. The van der Waals surface area contributed by atoms with Gasteiger partial charge < -0.3 is 14.2 Å². The zero-order chi connectivity index (χ0) is 18.1. The van der Waals surface area contributed by atoms with Crippen LogP contribution in [0.3, 0.4) is 0 Å². The number of hydrogen-bond acceptors (Lipinski definition) is 8. The molecule has 0 amide bonds. The van der Waals surface area contributed by atoms with Crippen LogP contribution in [0.15, 0.2) is 35.5 Å². The number of benzene rings is 1. The highest BCUT2D eigenvalue weighted by Crippen LogP contribution is 2.20. The number of nitrogens with zero attached hydrogens (tertiary/aromatic N) is 3. The van der Waals surface area contributed by atoms with Crippen LogP contribution in [0, 0.1) is 0 Å². The summed E-state index contributed by atoms with van der Waals surface area (Å²) in [6, 6.07) is 9.87. The second-order valence-electron chi connectivity index (χ2n) is 4.86. The standard InChI is InChI=1S/C16H19N3O5S/c1-12(20)24-9-8-23-11-19-14(15(21)22-2)17-16(18-19)25-10-13-6-4-3-5-7-13/h3-7H,8-11H2,1-2H3. The Morgan fingerprint density at radius 3 is 2.64 bits per heavy atom. The van der Waals surface area contributed by atoms with Crippen molar-refractivity contribution in [2.45, 2.75) is 24.6 Å². The van der Waals surface area contributed by atoms with Crippen LogP contribution >= 0.6 is 11.8 Å². The van der Waals surface area contributed by atoms with Gasteiger partial charge in [-0.1, -0.05) is 42.1 Å². The van der Waals surface area contributed by atoms with Gasteiger partial charge in [-0.15, -0.1) is 5.10 Å². The molecule has 0 bridgehead atoms. The summed E-state index contributed by atoms with van der Waals surface area (Å²) in [6.07, 6.45) is 0. The number of methoxy groups -OCH3 is 1. The summed E-state index contributed by atoms with van der Waals surface area (Å²) in [5.74, 6) is -0.230. The van der Waals surface area contributed by atoms with E-state index in [-0.39, 0.29) is 31.7 Å². The molecule has 0 saturated carbocycles. The van der Waals surface area contributed by atoms with E-state index in [4.69, 9.17) is 14.2 Å². The molecule has 134 valence electrons. The molecule has 8 nitrogen and oxygen atoms in total. The zero-order valence-electron chi connectivity index (χ0n) is 14.0. The van der Waals surface area contributed by atoms with Crippen LogP contribution in [0.5, 0.6) is 0 Å². The quantitative estimate of drug-likeness (QED) is 0.378. The minimum absolute atomic E-state index is 0.00456. The molecule has 0 fully saturated rings. The molecule has 0 aliphatic heterocycles. The van der Waals surface area contributed by atoms with Crippen LogP contribution in [0.4, 0.5) is 0 Å². The van der Waals surface area contributed by atoms with Crippen molar-refractivity contribution in [1.29, 1.82) is 0 Å². The Morgan fingerprint density at radius 1 is 1.20 bits per heavy atom.